The summed E-state index contributed by atoms with van der Waals surface area (Å²) in [4.78, 5) is 24.1. The Hall–Kier alpha value is -2.92. The van der Waals surface area contributed by atoms with Gasteiger partial charge in [-0.3, -0.25) is 0 Å². The summed E-state index contributed by atoms with van der Waals surface area (Å²) in [6.45, 7) is 3.65. The van der Waals surface area contributed by atoms with Crippen LogP contribution in [-0.4, -0.2) is 29.2 Å². The molecule has 3 rings (SSSR count). The number of benzene rings is 2. The second kappa shape index (κ2) is 7.76. The van der Waals surface area contributed by atoms with E-state index in [1.165, 1.54) is 0 Å². The molecule has 140 valence electrons. The molecule has 0 aromatic heterocycles. The summed E-state index contributed by atoms with van der Waals surface area (Å²) in [6.07, 6.45) is 2.71. The van der Waals surface area contributed by atoms with E-state index in [2.05, 4.69) is 6.58 Å². The molecule has 3 N–H and O–H groups in total. The lowest BCUT2D eigenvalue weighted by atomic mass is 9.93. The van der Waals surface area contributed by atoms with Gasteiger partial charge in [0.25, 0.3) is 0 Å². The van der Waals surface area contributed by atoms with Gasteiger partial charge in [-0.2, -0.15) is 0 Å². The van der Waals surface area contributed by atoms with E-state index >= 15 is 0 Å². The molecule has 1 atom stereocenters. The van der Waals surface area contributed by atoms with Gasteiger partial charge in [-0.25, -0.2) is 9.59 Å². The first kappa shape index (κ1) is 18.9. The molecule has 0 saturated carbocycles. The third-order valence-corrected chi connectivity index (χ3v) is 5.07. The van der Waals surface area contributed by atoms with Crippen molar-refractivity contribution in [3.05, 3.63) is 72.3 Å². The Bertz CT molecular complexity index is 831. The van der Waals surface area contributed by atoms with Crippen molar-refractivity contribution in [3.63, 3.8) is 0 Å². The number of unbranched alkanes of at least 4 members (excludes halogenated alkanes) is 1. The fourth-order valence-electron chi connectivity index (χ4n) is 3.55. The minimum Gasteiger partial charge on any atom is -0.479 e. The molecule has 5 nitrogen and oxygen atoms in total. The molecule has 2 aromatic rings. The quantitative estimate of drug-likeness (QED) is 0.323. The van der Waals surface area contributed by atoms with Crippen molar-refractivity contribution in [2.45, 2.75) is 30.7 Å². The van der Waals surface area contributed by atoms with E-state index in [1.807, 2.05) is 48.5 Å². The van der Waals surface area contributed by atoms with Gasteiger partial charge in [0, 0.05) is 5.92 Å². The Kier molecular flexibility index (Phi) is 5.42. The van der Waals surface area contributed by atoms with Gasteiger partial charge in [0.15, 0.2) is 0 Å². The number of rotatable bonds is 8. The number of allylic oxidation sites excluding steroid dienone is 1. The van der Waals surface area contributed by atoms with Crippen LogP contribution in [0.5, 0.6) is 0 Å². The van der Waals surface area contributed by atoms with Gasteiger partial charge in [-0.05, 0) is 41.5 Å². The number of hydrogen-bond donors (Lipinski definition) is 2. The number of esters is 1. The van der Waals surface area contributed by atoms with Gasteiger partial charge in [0.1, 0.15) is 6.61 Å². The van der Waals surface area contributed by atoms with Crippen LogP contribution in [0.25, 0.3) is 11.1 Å². The second-order valence-electron chi connectivity index (χ2n) is 6.78. The number of carbonyl (C=O) groups is 2. The zero-order valence-corrected chi connectivity index (χ0v) is 15.1. The average Bonchev–Trinajstić information content (AvgIpc) is 3.00. The van der Waals surface area contributed by atoms with Gasteiger partial charge in [-0.15, -0.1) is 6.58 Å². The fraction of sp³-hybridized carbons (Fsp3) is 0.273. The van der Waals surface area contributed by atoms with Crippen LogP contribution in [0.4, 0.5) is 0 Å². The molecule has 0 amide bonds. The summed E-state index contributed by atoms with van der Waals surface area (Å²) in [5.74, 6) is -2.41. The molecular weight excluding hydrogens is 342 g/mol. The van der Waals surface area contributed by atoms with Crippen molar-refractivity contribution in [3.8, 4) is 11.1 Å². The topological polar surface area (TPSA) is 89.6 Å². The predicted molar refractivity (Wildman–Crippen MR) is 103 cm³/mol. The Morgan fingerprint density at radius 2 is 1.67 bits per heavy atom. The van der Waals surface area contributed by atoms with Gasteiger partial charge < -0.3 is 15.6 Å². The van der Waals surface area contributed by atoms with Crippen LogP contribution in [-0.2, 0) is 14.3 Å². The summed E-state index contributed by atoms with van der Waals surface area (Å²) >= 11 is 0. The number of ether oxygens (including phenoxy) is 1. The maximum atomic E-state index is 12.5. The van der Waals surface area contributed by atoms with Crippen LogP contribution < -0.4 is 5.73 Å². The summed E-state index contributed by atoms with van der Waals surface area (Å²) in [5.41, 5.74) is 8.20. The van der Waals surface area contributed by atoms with Crippen LogP contribution in [0.2, 0.25) is 0 Å². The second-order valence-corrected chi connectivity index (χ2v) is 6.78. The molecule has 0 heterocycles. The molecule has 5 heteroatoms. The zero-order chi connectivity index (χ0) is 19.4. The van der Waals surface area contributed by atoms with E-state index < -0.39 is 17.5 Å². The number of carboxylic acids is 1. The molecule has 1 aliphatic carbocycles. The highest BCUT2D eigenvalue weighted by molar-refractivity contribution is 6.03. The molecule has 1 aliphatic rings. The number of hydrogen-bond acceptors (Lipinski definition) is 4. The number of carboxylic acid groups (broad SMARTS) is 1. The van der Waals surface area contributed by atoms with Crippen LogP contribution in [0.15, 0.2) is 61.2 Å². The van der Waals surface area contributed by atoms with E-state index in [0.29, 0.717) is 12.8 Å². The van der Waals surface area contributed by atoms with Crippen molar-refractivity contribution in [2.24, 2.45) is 5.73 Å². The van der Waals surface area contributed by atoms with Gasteiger partial charge in [0.2, 0.25) is 5.54 Å². The molecule has 0 unspecified atom stereocenters. The molecule has 0 radical (unpaired) electrons. The predicted octanol–water partition coefficient (Wildman–Crippen LogP) is 3.48. The summed E-state index contributed by atoms with van der Waals surface area (Å²) in [6, 6.07) is 15.9. The monoisotopic (exact) mass is 365 g/mol. The Balaban J connectivity index is 1.78. The number of aliphatic carboxylic acids is 1. The van der Waals surface area contributed by atoms with E-state index in [4.69, 9.17) is 10.5 Å². The molecule has 0 fully saturated rings. The first-order valence-corrected chi connectivity index (χ1v) is 8.97. The maximum Gasteiger partial charge on any atom is 0.337 e. The summed E-state index contributed by atoms with van der Waals surface area (Å²) < 4.78 is 5.43. The summed E-state index contributed by atoms with van der Waals surface area (Å²) in [5, 5.41) is 9.46. The minimum absolute atomic E-state index is 0.00499. The first-order valence-electron chi connectivity index (χ1n) is 8.97. The standard InChI is InChI=1S/C22H23NO4/c1-2-3-8-13-22(23,20(24)25)21(26)27-14-19-17-11-6-4-9-15(17)16-10-5-7-12-18(16)19/h2,4-7,9-12,19H,1,3,8,13-14,23H2,(H,24,25)/t22-/m1/s1. The van der Waals surface area contributed by atoms with E-state index in [0.717, 1.165) is 22.3 Å². The van der Waals surface area contributed by atoms with Gasteiger partial charge >= 0.3 is 11.9 Å². The van der Waals surface area contributed by atoms with Crippen LogP contribution >= 0.6 is 0 Å². The van der Waals surface area contributed by atoms with Gasteiger partial charge in [0.05, 0.1) is 0 Å². The first-order chi connectivity index (χ1) is 13.0. The lowest BCUT2D eigenvalue weighted by Crippen LogP contribution is -2.56. The van der Waals surface area contributed by atoms with Gasteiger partial charge in [-0.1, -0.05) is 54.6 Å². The van der Waals surface area contributed by atoms with Crippen molar-refractivity contribution in [1.82, 2.24) is 0 Å². The van der Waals surface area contributed by atoms with Crippen molar-refractivity contribution in [1.29, 1.82) is 0 Å². The third kappa shape index (κ3) is 3.51. The molecule has 0 saturated heterocycles. The number of nitrogens with two attached hydrogens (primary N) is 1. The normalized spacial score (nSPS) is 14.7. The van der Waals surface area contributed by atoms with Crippen LogP contribution in [0.3, 0.4) is 0 Å². The number of carbonyl (C=O) groups excluding carboxylic acids is 1. The molecule has 2 aromatic carbocycles. The molecule has 27 heavy (non-hydrogen) atoms. The Morgan fingerprint density at radius 1 is 1.11 bits per heavy atom. The van der Waals surface area contributed by atoms with E-state index in [9.17, 15) is 14.7 Å². The Labute approximate surface area is 158 Å². The maximum absolute atomic E-state index is 12.5. The molecule has 0 bridgehead atoms. The highest BCUT2D eigenvalue weighted by Crippen LogP contribution is 2.44. The molecular formula is C22H23NO4. The summed E-state index contributed by atoms with van der Waals surface area (Å²) in [7, 11) is 0. The van der Waals surface area contributed by atoms with Crippen LogP contribution in [0, 0.1) is 0 Å². The van der Waals surface area contributed by atoms with Crippen molar-refractivity contribution in [2.75, 3.05) is 6.61 Å². The SMILES string of the molecule is C=CCCC[C@@](N)(C(=O)O)C(=O)OCC1c2ccccc2-c2ccccc21. The molecule has 0 spiro atoms. The van der Waals surface area contributed by atoms with Crippen LogP contribution in [0.1, 0.15) is 36.3 Å². The molecule has 0 aliphatic heterocycles. The lowest BCUT2D eigenvalue weighted by molar-refractivity contribution is -0.161. The smallest absolute Gasteiger partial charge is 0.337 e. The largest absolute Gasteiger partial charge is 0.479 e. The average molecular weight is 365 g/mol. The van der Waals surface area contributed by atoms with Crippen molar-refractivity contribution < 1.29 is 19.4 Å². The Morgan fingerprint density at radius 3 is 2.19 bits per heavy atom. The van der Waals surface area contributed by atoms with E-state index in [-0.39, 0.29) is 18.9 Å². The zero-order valence-electron chi connectivity index (χ0n) is 15.1. The highest BCUT2D eigenvalue weighted by atomic mass is 16.5. The third-order valence-electron chi connectivity index (χ3n) is 5.07. The number of fused-ring (bicyclic) bond motifs is 3. The highest BCUT2D eigenvalue weighted by Gasteiger charge is 2.44. The minimum atomic E-state index is -2.04. The fourth-order valence-corrected chi connectivity index (χ4v) is 3.55. The van der Waals surface area contributed by atoms with Crippen molar-refractivity contribution >= 4 is 11.9 Å². The van der Waals surface area contributed by atoms with E-state index in [1.54, 1.807) is 6.08 Å². The lowest BCUT2D eigenvalue weighted by Gasteiger charge is -2.24.